The Labute approximate surface area is 211 Å². The number of nitrogens with one attached hydrogen (secondary N) is 1. The molecule has 186 valence electrons. The van der Waals surface area contributed by atoms with Crippen LogP contribution in [0.25, 0.3) is 16.5 Å². The van der Waals surface area contributed by atoms with Crippen molar-refractivity contribution in [2.24, 2.45) is 0 Å². The molecule has 6 nitrogen and oxygen atoms in total. The van der Waals surface area contributed by atoms with Gasteiger partial charge >= 0.3 is 0 Å². The van der Waals surface area contributed by atoms with Crippen molar-refractivity contribution in [1.29, 1.82) is 0 Å². The average Bonchev–Trinajstić information content (AvgIpc) is 3.35. The predicted octanol–water partition coefficient (Wildman–Crippen LogP) is 6.35. The van der Waals surface area contributed by atoms with Crippen LogP contribution in [-0.2, 0) is 11.2 Å². The van der Waals surface area contributed by atoms with E-state index in [0.717, 1.165) is 22.1 Å². The van der Waals surface area contributed by atoms with Gasteiger partial charge in [0.2, 0.25) is 5.91 Å². The van der Waals surface area contributed by atoms with Crippen molar-refractivity contribution in [2.75, 3.05) is 20.8 Å². The fourth-order valence-corrected chi connectivity index (χ4v) is 3.99. The monoisotopic (exact) mass is 485 g/mol. The molecule has 1 amide bonds. The van der Waals surface area contributed by atoms with Crippen LogP contribution in [-0.4, -0.2) is 26.7 Å². The fraction of sp³-hybridized carbons (Fsp3) is 0.233. The second kappa shape index (κ2) is 11.5. The molecule has 0 bridgehead atoms. The molecular weight excluding hydrogens is 454 g/mol. The quantitative estimate of drug-likeness (QED) is 0.265. The van der Waals surface area contributed by atoms with Gasteiger partial charge in [-0.3, -0.25) is 4.79 Å². The highest BCUT2D eigenvalue weighted by molar-refractivity contribution is 5.95. The first kappa shape index (κ1) is 24.9. The number of methoxy groups -OCH3 is 2. The average molecular weight is 486 g/mol. The van der Waals surface area contributed by atoms with Gasteiger partial charge < -0.3 is 23.9 Å². The summed E-state index contributed by atoms with van der Waals surface area (Å²) in [6, 6.07) is 23.5. The zero-order valence-corrected chi connectivity index (χ0v) is 21.0. The summed E-state index contributed by atoms with van der Waals surface area (Å²) in [5.41, 5.74) is 3.53. The van der Waals surface area contributed by atoms with Gasteiger partial charge in [0, 0.05) is 18.0 Å². The summed E-state index contributed by atoms with van der Waals surface area (Å²) in [5.74, 6) is 2.47. The van der Waals surface area contributed by atoms with Gasteiger partial charge in [0.15, 0.2) is 22.8 Å². The molecule has 0 saturated carbocycles. The lowest BCUT2D eigenvalue weighted by Gasteiger charge is -2.15. The van der Waals surface area contributed by atoms with Crippen LogP contribution in [0.2, 0.25) is 0 Å². The van der Waals surface area contributed by atoms with Crippen molar-refractivity contribution in [2.45, 2.75) is 26.4 Å². The standard InChI is InChI=1S/C30H31NO5/c1-20(17-29(32)31-16-15-22-13-14-25(33-3)28(18-22)34-4)27-19-24-11-8-12-26(30(24)36-27)35-21(2)23-9-6-5-7-10-23/h5-14,17-19,21H,15-16H2,1-4H3,(H,31,32)/b20-17+. The molecule has 1 N–H and O–H groups in total. The Bertz CT molecular complexity index is 1360. The minimum Gasteiger partial charge on any atom is -0.493 e. The molecule has 0 aliphatic rings. The van der Waals surface area contributed by atoms with E-state index < -0.39 is 0 Å². The fourth-order valence-electron chi connectivity index (χ4n) is 3.99. The van der Waals surface area contributed by atoms with Crippen molar-refractivity contribution in [3.63, 3.8) is 0 Å². The Kier molecular flexibility index (Phi) is 7.95. The molecule has 0 fully saturated rings. The maximum Gasteiger partial charge on any atom is 0.244 e. The number of carbonyl (C=O) groups is 1. The van der Waals surface area contributed by atoms with Gasteiger partial charge in [-0.2, -0.15) is 0 Å². The summed E-state index contributed by atoms with van der Waals surface area (Å²) in [4.78, 5) is 12.5. The molecule has 4 rings (SSSR count). The third kappa shape index (κ3) is 5.89. The van der Waals surface area contributed by atoms with Crippen LogP contribution < -0.4 is 19.5 Å². The van der Waals surface area contributed by atoms with Gasteiger partial charge in [0.1, 0.15) is 11.9 Å². The molecular formula is C30H31NO5. The van der Waals surface area contributed by atoms with Crippen LogP contribution in [0.4, 0.5) is 0 Å². The van der Waals surface area contributed by atoms with Gasteiger partial charge in [0.25, 0.3) is 0 Å². The van der Waals surface area contributed by atoms with E-state index in [1.165, 1.54) is 0 Å². The molecule has 3 aromatic carbocycles. The van der Waals surface area contributed by atoms with Crippen molar-refractivity contribution >= 4 is 22.4 Å². The summed E-state index contributed by atoms with van der Waals surface area (Å²) in [5, 5.41) is 3.85. The number of benzene rings is 3. The number of amides is 1. The van der Waals surface area contributed by atoms with Crippen LogP contribution >= 0.6 is 0 Å². The van der Waals surface area contributed by atoms with E-state index in [0.29, 0.717) is 41.6 Å². The number of rotatable bonds is 10. The van der Waals surface area contributed by atoms with Gasteiger partial charge in [0.05, 0.1) is 14.2 Å². The van der Waals surface area contributed by atoms with Crippen LogP contribution in [0, 0.1) is 0 Å². The SMILES string of the molecule is COc1ccc(CCNC(=O)/C=C(\C)c2cc3cccc(OC(C)c4ccccc4)c3o2)cc1OC. The normalized spacial score (nSPS) is 12.3. The smallest absolute Gasteiger partial charge is 0.244 e. The molecule has 4 aromatic rings. The highest BCUT2D eigenvalue weighted by atomic mass is 16.5. The predicted molar refractivity (Wildman–Crippen MR) is 142 cm³/mol. The first-order valence-corrected chi connectivity index (χ1v) is 11.9. The summed E-state index contributed by atoms with van der Waals surface area (Å²) in [7, 11) is 3.21. The number of furan rings is 1. The van der Waals surface area contributed by atoms with Crippen molar-refractivity contribution in [1.82, 2.24) is 5.32 Å². The zero-order chi connectivity index (χ0) is 25.5. The summed E-state index contributed by atoms with van der Waals surface area (Å²) in [6.45, 7) is 4.36. The molecule has 0 saturated heterocycles. The number of para-hydroxylation sites is 1. The number of hydrogen-bond acceptors (Lipinski definition) is 5. The second-order valence-corrected chi connectivity index (χ2v) is 8.51. The Morgan fingerprint density at radius 1 is 0.944 bits per heavy atom. The van der Waals surface area contributed by atoms with E-state index in [-0.39, 0.29) is 12.0 Å². The topological polar surface area (TPSA) is 69.9 Å². The van der Waals surface area contributed by atoms with Gasteiger partial charge in [-0.15, -0.1) is 0 Å². The first-order chi connectivity index (χ1) is 17.5. The van der Waals surface area contributed by atoms with E-state index in [1.54, 1.807) is 20.3 Å². The second-order valence-electron chi connectivity index (χ2n) is 8.51. The molecule has 1 atom stereocenters. The number of allylic oxidation sites excluding steroid dienone is 1. The molecule has 1 unspecified atom stereocenters. The molecule has 1 heterocycles. The summed E-state index contributed by atoms with van der Waals surface area (Å²) < 4.78 is 22.9. The lowest BCUT2D eigenvalue weighted by molar-refractivity contribution is -0.116. The van der Waals surface area contributed by atoms with Crippen molar-refractivity contribution in [3.05, 3.63) is 95.8 Å². The lowest BCUT2D eigenvalue weighted by Crippen LogP contribution is -2.23. The highest BCUT2D eigenvalue weighted by Crippen LogP contribution is 2.34. The third-order valence-electron chi connectivity index (χ3n) is 5.98. The van der Waals surface area contributed by atoms with Crippen molar-refractivity contribution < 1.29 is 23.4 Å². The van der Waals surface area contributed by atoms with E-state index in [1.807, 2.05) is 86.6 Å². The van der Waals surface area contributed by atoms with Gasteiger partial charge in [-0.25, -0.2) is 0 Å². The van der Waals surface area contributed by atoms with Crippen LogP contribution in [0.15, 0.2) is 83.3 Å². The van der Waals surface area contributed by atoms with E-state index in [9.17, 15) is 4.79 Å². The van der Waals surface area contributed by atoms with Gasteiger partial charge in [-0.1, -0.05) is 48.5 Å². The molecule has 6 heteroatoms. The summed E-state index contributed by atoms with van der Waals surface area (Å²) in [6.07, 6.45) is 2.10. The number of hydrogen-bond donors (Lipinski definition) is 1. The largest absolute Gasteiger partial charge is 0.493 e. The molecule has 0 spiro atoms. The molecule has 0 aliphatic heterocycles. The minimum atomic E-state index is -0.178. The zero-order valence-electron chi connectivity index (χ0n) is 21.0. The Balaban J connectivity index is 1.40. The van der Waals surface area contributed by atoms with E-state index in [2.05, 4.69) is 5.32 Å². The van der Waals surface area contributed by atoms with E-state index >= 15 is 0 Å². The highest BCUT2D eigenvalue weighted by Gasteiger charge is 2.14. The Morgan fingerprint density at radius 3 is 2.47 bits per heavy atom. The number of carbonyl (C=O) groups excluding carboxylic acids is 1. The molecule has 0 radical (unpaired) electrons. The van der Waals surface area contributed by atoms with Crippen LogP contribution in [0.3, 0.4) is 0 Å². The van der Waals surface area contributed by atoms with E-state index in [4.69, 9.17) is 18.6 Å². The number of fused-ring (bicyclic) bond motifs is 1. The molecule has 0 aliphatic carbocycles. The minimum absolute atomic E-state index is 0.126. The molecule has 1 aromatic heterocycles. The Morgan fingerprint density at radius 2 is 1.72 bits per heavy atom. The maximum absolute atomic E-state index is 12.5. The molecule has 36 heavy (non-hydrogen) atoms. The lowest BCUT2D eigenvalue weighted by atomic mass is 10.1. The third-order valence-corrected chi connectivity index (χ3v) is 5.98. The van der Waals surface area contributed by atoms with Crippen LogP contribution in [0.5, 0.6) is 17.2 Å². The maximum atomic E-state index is 12.5. The Hall–Kier alpha value is -4.19. The van der Waals surface area contributed by atoms with Crippen LogP contribution in [0.1, 0.15) is 36.8 Å². The van der Waals surface area contributed by atoms with Crippen molar-refractivity contribution in [3.8, 4) is 17.2 Å². The summed E-state index contributed by atoms with van der Waals surface area (Å²) >= 11 is 0. The first-order valence-electron chi connectivity index (χ1n) is 11.9. The van der Waals surface area contributed by atoms with Gasteiger partial charge in [-0.05, 0) is 61.2 Å². The number of ether oxygens (including phenoxy) is 3.